The van der Waals surface area contributed by atoms with E-state index in [2.05, 4.69) is 20.9 Å². The molecule has 1 fully saturated rings. The maximum absolute atomic E-state index is 13.1. The van der Waals surface area contributed by atoms with Crippen molar-refractivity contribution in [2.75, 3.05) is 6.54 Å². The molecule has 0 saturated carbocycles. The minimum absolute atomic E-state index is 0.117. The molecular formula is C25H25ClN4O4. The molecule has 0 spiro atoms. The number of amides is 3. The number of rotatable bonds is 9. The third kappa shape index (κ3) is 5.63. The van der Waals surface area contributed by atoms with Gasteiger partial charge < -0.3 is 25.7 Å². The van der Waals surface area contributed by atoms with Crippen LogP contribution in [0, 0.1) is 5.92 Å². The predicted octanol–water partition coefficient (Wildman–Crippen LogP) is 2.37. The fourth-order valence-corrected chi connectivity index (χ4v) is 4.31. The summed E-state index contributed by atoms with van der Waals surface area (Å²) in [5, 5.41) is 9.53. The number of carbonyl (C=O) groups excluding carboxylic acids is 4. The van der Waals surface area contributed by atoms with Gasteiger partial charge in [0.1, 0.15) is 18.0 Å². The Morgan fingerprint density at radius 3 is 2.62 bits per heavy atom. The van der Waals surface area contributed by atoms with E-state index < -0.39 is 23.9 Å². The zero-order valence-corrected chi connectivity index (χ0v) is 19.1. The number of aldehydes is 1. The van der Waals surface area contributed by atoms with Gasteiger partial charge >= 0.3 is 0 Å². The van der Waals surface area contributed by atoms with Crippen LogP contribution < -0.4 is 16.0 Å². The summed E-state index contributed by atoms with van der Waals surface area (Å²) >= 11 is 6.03. The number of benzene rings is 2. The van der Waals surface area contributed by atoms with Gasteiger partial charge in [0.2, 0.25) is 11.8 Å². The highest BCUT2D eigenvalue weighted by molar-refractivity contribution is 6.31. The Morgan fingerprint density at radius 1 is 1.12 bits per heavy atom. The Balaban J connectivity index is 1.50. The summed E-state index contributed by atoms with van der Waals surface area (Å²) in [6.45, 7) is 0.561. The fraction of sp³-hybridized carbons (Fsp3) is 0.280. The lowest BCUT2D eigenvalue weighted by Gasteiger charge is -2.22. The van der Waals surface area contributed by atoms with Gasteiger partial charge in [-0.25, -0.2) is 0 Å². The van der Waals surface area contributed by atoms with Crippen LogP contribution in [0.2, 0.25) is 5.02 Å². The molecule has 4 rings (SSSR count). The maximum atomic E-state index is 13.1. The van der Waals surface area contributed by atoms with E-state index in [1.165, 1.54) is 0 Å². The van der Waals surface area contributed by atoms with Crippen molar-refractivity contribution in [2.45, 2.75) is 31.3 Å². The van der Waals surface area contributed by atoms with Crippen molar-refractivity contribution in [3.05, 3.63) is 70.9 Å². The molecule has 1 aromatic heterocycles. The van der Waals surface area contributed by atoms with E-state index in [0.29, 0.717) is 24.3 Å². The van der Waals surface area contributed by atoms with E-state index in [1.807, 2.05) is 30.3 Å². The minimum atomic E-state index is -0.926. The van der Waals surface area contributed by atoms with E-state index in [-0.39, 0.29) is 30.4 Å². The molecule has 9 heteroatoms. The summed E-state index contributed by atoms with van der Waals surface area (Å²) in [6.07, 6.45) is 1.70. The van der Waals surface area contributed by atoms with Crippen molar-refractivity contribution in [2.24, 2.45) is 5.92 Å². The van der Waals surface area contributed by atoms with Crippen LogP contribution in [0.1, 0.15) is 28.9 Å². The molecule has 176 valence electrons. The molecule has 3 atom stereocenters. The second kappa shape index (κ2) is 10.5. The maximum Gasteiger partial charge on any atom is 0.268 e. The van der Waals surface area contributed by atoms with Gasteiger partial charge in [-0.2, -0.15) is 0 Å². The number of fused-ring (bicyclic) bond motifs is 1. The Labute approximate surface area is 201 Å². The molecule has 2 aromatic carbocycles. The molecule has 1 aliphatic rings. The molecule has 8 nitrogen and oxygen atoms in total. The first-order valence-corrected chi connectivity index (χ1v) is 11.5. The lowest BCUT2D eigenvalue weighted by atomic mass is 9.98. The van der Waals surface area contributed by atoms with Gasteiger partial charge in [-0.1, -0.05) is 41.9 Å². The van der Waals surface area contributed by atoms with Gasteiger partial charge in [0.15, 0.2) is 0 Å². The van der Waals surface area contributed by atoms with E-state index in [9.17, 15) is 19.2 Å². The third-order valence-corrected chi connectivity index (χ3v) is 6.16. The van der Waals surface area contributed by atoms with Gasteiger partial charge in [0.05, 0.1) is 6.04 Å². The molecule has 0 aliphatic carbocycles. The van der Waals surface area contributed by atoms with Gasteiger partial charge in [0, 0.05) is 34.8 Å². The summed E-state index contributed by atoms with van der Waals surface area (Å²) in [5.74, 6) is -1.39. The lowest BCUT2D eigenvalue weighted by Crippen LogP contribution is -2.51. The second-order valence-corrected chi connectivity index (χ2v) is 8.83. The molecule has 0 bridgehead atoms. The average Bonchev–Trinajstić information content (AvgIpc) is 3.44. The van der Waals surface area contributed by atoms with Crippen molar-refractivity contribution in [1.82, 2.24) is 20.9 Å². The van der Waals surface area contributed by atoms with Gasteiger partial charge in [-0.05, 0) is 42.7 Å². The quantitative estimate of drug-likeness (QED) is 0.351. The number of aromatic nitrogens is 1. The molecule has 1 aliphatic heterocycles. The van der Waals surface area contributed by atoms with Crippen LogP contribution in [0.4, 0.5) is 0 Å². The average molecular weight is 481 g/mol. The van der Waals surface area contributed by atoms with Crippen molar-refractivity contribution in [1.29, 1.82) is 0 Å². The van der Waals surface area contributed by atoms with E-state index >= 15 is 0 Å². The minimum Gasteiger partial charge on any atom is -0.356 e. The summed E-state index contributed by atoms with van der Waals surface area (Å²) in [4.78, 5) is 52.7. The van der Waals surface area contributed by atoms with Gasteiger partial charge in [-0.15, -0.1) is 0 Å². The Hall–Kier alpha value is -3.65. The number of halogens is 1. The predicted molar refractivity (Wildman–Crippen MR) is 128 cm³/mol. The van der Waals surface area contributed by atoms with Crippen LogP contribution in [0.3, 0.4) is 0 Å². The highest BCUT2D eigenvalue weighted by atomic mass is 35.5. The number of hydrogen-bond acceptors (Lipinski definition) is 4. The zero-order valence-electron chi connectivity index (χ0n) is 18.3. The fourth-order valence-electron chi connectivity index (χ4n) is 4.13. The van der Waals surface area contributed by atoms with Crippen LogP contribution in [0.5, 0.6) is 0 Å². The molecule has 3 aromatic rings. The van der Waals surface area contributed by atoms with E-state index in [0.717, 1.165) is 16.5 Å². The molecular weight excluding hydrogens is 456 g/mol. The van der Waals surface area contributed by atoms with E-state index in [4.69, 9.17) is 11.6 Å². The van der Waals surface area contributed by atoms with Gasteiger partial charge in [0.25, 0.3) is 5.91 Å². The topological polar surface area (TPSA) is 120 Å². The van der Waals surface area contributed by atoms with Gasteiger partial charge in [-0.3, -0.25) is 14.4 Å². The summed E-state index contributed by atoms with van der Waals surface area (Å²) < 4.78 is 0. The summed E-state index contributed by atoms with van der Waals surface area (Å²) in [7, 11) is 0. The Bertz CT molecular complexity index is 1210. The summed E-state index contributed by atoms with van der Waals surface area (Å²) in [6, 6.07) is 14.4. The molecule has 2 heterocycles. The number of nitrogens with one attached hydrogen (secondary N) is 4. The first-order valence-electron chi connectivity index (χ1n) is 11.1. The van der Waals surface area contributed by atoms with Crippen molar-refractivity contribution < 1.29 is 19.2 Å². The number of H-pyrrole nitrogens is 1. The van der Waals surface area contributed by atoms with Crippen molar-refractivity contribution in [3.63, 3.8) is 0 Å². The Morgan fingerprint density at radius 2 is 1.91 bits per heavy atom. The number of aromatic amines is 1. The van der Waals surface area contributed by atoms with Crippen LogP contribution in [-0.2, 0) is 20.8 Å². The lowest BCUT2D eigenvalue weighted by molar-refractivity contribution is -0.127. The Kier molecular flexibility index (Phi) is 7.27. The number of hydrogen-bond donors (Lipinski definition) is 4. The molecule has 0 radical (unpaired) electrons. The SMILES string of the molecule is O=C[C@H](C[C@@H]1CCNC1=O)NC(=O)[C@H](Cc1ccccc1)NC(=O)c1cc2cc(Cl)ccc2[nH]1. The first-order chi connectivity index (χ1) is 16.4. The van der Waals surface area contributed by atoms with Crippen molar-refractivity contribution >= 4 is 46.5 Å². The van der Waals surface area contributed by atoms with Crippen molar-refractivity contribution in [3.8, 4) is 0 Å². The standard InChI is InChI=1S/C25H25ClN4O4/c26-18-6-7-20-17(11-18)13-22(29-20)25(34)30-21(10-15-4-2-1-3-5-15)24(33)28-19(14-31)12-16-8-9-27-23(16)32/h1-7,11,13-14,16,19,21,29H,8-10,12H2,(H,27,32)(H,28,33)(H,30,34)/t16-,19-,21-/m0/s1. The largest absolute Gasteiger partial charge is 0.356 e. The van der Waals surface area contributed by atoms with E-state index in [1.54, 1.807) is 24.3 Å². The molecule has 1 saturated heterocycles. The molecule has 3 amide bonds. The highest BCUT2D eigenvalue weighted by Crippen LogP contribution is 2.20. The summed E-state index contributed by atoms with van der Waals surface area (Å²) in [5.41, 5.74) is 1.89. The molecule has 4 N–H and O–H groups in total. The first kappa shape index (κ1) is 23.5. The zero-order chi connectivity index (χ0) is 24.1. The normalized spacial score (nSPS) is 17.1. The third-order valence-electron chi connectivity index (χ3n) is 5.93. The van der Waals surface area contributed by atoms with Crippen LogP contribution in [0.25, 0.3) is 10.9 Å². The van der Waals surface area contributed by atoms with Crippen LogP contribution in [0.15, 0.2) is 54.6 Å². The second-order valence-electron chi connectivity index (χ2n) is 8.39. The van der Waals surface area contributed by atoms with Crippen LogP contribution in [-0.4, -0.2) is 47.6 Å². The highest BCUT2D eigenvalue weighted by Gasteiger charge is 2.30. The number of carbonyl (C=O) groups is 4. The monoisotopic (exact) mass is 480 g/mol. The smallest absolute Gasteiger partial charge is 0.268 e. The van der Waals surface area contributed by atoms with Crippen LogP contribution >= 0.6 is 11.6 Å². The molecule has 34 heavy (non-hydrogen) atoms. The molecule has 0 unspecified atom stereocenters.